The lowest BCUT2D eigenvalue weighted by Crippen LogP contribution is -2.28. The van der Waals surface area contributed by atoms with Gasteiger partial charge in [0.15, 0.2) is 0 Å². The molecule has 0 aliphatic carbocycles. The molecule has 1 heterocycles. The first-order chi connectivity index (χ1) is 11.0. The second kappa shape index (κ2) is 8.03. The fourth-order valence-corrected chi connectivity index (χ4v) is 2.20. The van der Waals surface area contributed by atoms with E-state index >= 15 is 0 Å². The second-order valence-corrected chi connectivity index (χ2v) is 5.91. The molecule has 0 saturated carbocycles. The van der Waals surface area contributed by atoms with Gasteiger partial charge < -0.3 is 15.4 Å². The zero-order valence-electron chi connectivity index (χ0n) is 13.3. The molecule has 6 nitrogen and oxygen atoms in total. The van der Waals surface area contributed by atoms with Crippen molar-refractivity contribution < 1.29 is 9.53 Å². The van der Waals surface area contributed by atoms with Crippen molar-refractivity contribution in [2.45, 2.75) is 13.8 Å². The second-order valence-electron chi connectivity index (χ2n) is 5.06. The highest BCUT2D eigenvalue weighted by Crippen LogP contribution is 2.22. The lowest BCUT2D eigenvalue weighted by atomic mass is 10.2. The number of aryl methyl sites for hydroxylation is 2. The number of carbonyl (C=O) groups is 1. The van der Waals surface area contributed by atoms with Gasteiger partial charge in [0.25, 0.3) is 5.91 Å². The number of anilines is 2. The Labute approximate surface area is 143 Å². The van der Waals surface area contributed by atoms with Crippen molar-refractivity contribution in [1.29, 1.82) is 0 Å². The Morgan fingerprint density at radius 1 is 1.26 bits per heavy atom. The molecule has 0 atom stereocenters. The first-order valence-electron chi connectivity index (χ1n) is 7.15. The molecule has 0 spiro atoms. The standard InChI is InChI=1S/C16H19BrN4O2/c1-10-8-12(4-5-13(10)17)20-16-19-11(2)9-14(21-16)15(22)18-6-7-23-3/h4-5,8-9H,6-7H2,1-3H3,(H,18,22)(H,19,20,21). The topological polar surface area (TPSA) is 76.1 Å². The third-order valence-electron chi connectivity index (χ3n) is 3.09. The third-order valence-corrected chi connectivity index (χ3v) is 3.98. The molecule has 0 fully saturated rings. The van der Waals surface area contributed by atoms with E-state index in [-0.39, 0.29) is 5.91 Å². The van der Waals surface area contributed by atoms with Gasteiger partial charge in [-0.25, -0.2) is 9.97 Å². The minimum absolute atomic E-state index is 0.248. The van der Waals surface area contributed by atoms with Crippen molar-refractivity contribution in [3.63, 3.8) is 0 Å². The van der Waals surface area contributed by atoms with Crippen LogP contribution in [0, 0.1) is 13.8 Å². The van der Waals surface area contributed by atoms with E-state index in [1.165, 1.54) is 0 Å². The molecular formula is C16H19BrN4O2. The first kappa shape index (κ1) is 17.4. The SMILES string of the molecule is COCCNC(=O)c1cc(C)nc(Nc2ccc(Br)c(C)c2)n1. The highest BCUT2D eigenvalue weighted by Gasteiger charge is 2.10. The molecule has 2 rings (SSSR count). The average Bonchev–Trinajstić information content (AvgIpc) is 2.50. The van der Waals surface area contributed by atoms with E-state index in [4.69, 9.17) is 4.74 Å². The van der Waals surface area contributed by atoms with Crippen molar-refractivity contribution in [3.05, 3.63) is 45.7 Å². The number of halogens is 1. The lowest BCUT2D eigenvalue weighted by Gasteiger charge is -2.09. The molecule has 23 heavy (non-hydrogen) atoms. The van der Waals surface area contributed by atoms with Crippen LogP contribution in [0.1, 0.15) is 21.7 Å². The zero-order valence-corrected chi connectivity index (χ0v) is 14.9. The van der Waals surface area contributed by atoms with Crippen LogP contribution in [0.2, 0.25) is 0 Å². The Kier molecular flexibility index (Phi) is 6.06. The summed E-state index contributed by atoms with van der Waals surface area (Å²) < 4.78 is 5.95. The lowest BCUT2D eigenvalue weighted by molar-refractivity contribution is 0.0932. The van der Waals surface area contributed by atoms with Crippen LogP contribution in [0.3, 0.4) is 0 Å². The molecule has 1 aromatic heterocycles. The van der Waals surface area contributed by atoms with Gasteiger partial charge in [0.05, 0.1) is 6.61 Å². The number of benzene rings is 1. The maximum atomic E-state index is 12.1. The average molecular weight is 379 g/mol. The predicted molar refractivity (Wildman–Crippen MR) is 93.1 cm³/mol. The van der Waals surface area contributed by atoms with Crippen molar-refractivity contribution in [2.75, 3.05) is 25.6 Å². The summed E-state index contributed by atoms with van der Waals surface area (Å²) in [6, 6.07) is 7.50. The van der Waals surface area contributed by atoms with Crippen LogP contribution in [-0.4, -0.2) is 36.1 Å². The number of methoxy groups -OCH3 is 1. The number of aromatic nitrogens is 2. The number of nitrogens with one attached hydrogen (secondary N) is 2. The molecule has 2 N–H and O–H groups in total. The fraction of sp³-hybridized carbons (Fsp3) is 0.312. The number of hydrogen-bond acceptors (Lipinski definition) is 5. The van der Waals surface area contributed by atoms with E-state index < -0.39 is 0 Å². The highest BCUT2D eigenvalue weighted by molar-refractivity contribution is 9.10. The monoisotopic (exact) mass is 378 g/mol. The van der Waals surface area contributed by atoms with Crippen molar-refractivity contribution in [3.8, 4) is 0 Å². The van der Waals surface area contributed by atoms with Crippen molar-refractivity contribution in [1.82, 2.24) is 15.3 Å². The molecule has 0 bridgehead atoms. The minimum Gasteiger partial charge on any atom is -0.383 e. The van der Waals surface area contributed by atoms with E-state index in [1.807, 2.05) is 32.0 Å². The van der Waals surface area contributed by atoms with Crippen molar-refractivity contribution in [2.24, 2.45) is 0 Å². The quantitative estimate of drug-likeness (QED) is 0.755. The molecule has 122 valence electrons. The highest BCUT2D eigenvalue weighted by atomic mass is 79.9. The van der Waals surface area contributed by atoms with Crippen LogP contribution in [-0.2, 0) is 4.74 Å². The maximum Gasteiger partial charge on any atom is 0.270 e. The Morgan fingerprint density at radius 3 is 2.74 bits per heavy atom. The van der Waals surface area contributed by atoms with Gasteiger partial charge in [-0.15, -0.1) is 0 Å². The van der Waals surface area contributed by atoms with Crippen molar-refractivity contribution >= 4 is 33.5 Å². The molecule has 0 saturated heterocycles. The summed E-state index contributed by atoms with van der Waals surface area (Å²) in [7, 11) is 1.59. The largest absolute Gasteiger partial charge is 0.383 e. The Morgan fingerprint density at radius 2 is 2.04 bits per heavy atom. The summed E-state index contributed by atoms with van der Waals surface area (Å²) in [5, 5.41) is 5.87. The molecule has 7 heteroatoms. The van der Waals surface area contributed by atoms with Gasteiger partial charge in [-0.1, -0.05) is 15.9 Å². The molecule has 2 aromatic rings. The molecule has 0 aliphatic heterocycles. The maximum absolute atomic E-state index is 12.1. The Bertz CT molecular complexity index is 706. The van der Waals surface area contributed by atoms with Gasteiger partial charge in [-0.2, -0.15) is 0 Å². The van der Waals surface area contributed by atoms with E-state index in [1.54, 1.807) is 13.2 Å². The molecular weight excluding hydrogens is 360 g/mol. The smallest absolute Gasteiger partial charge is 0.270 e. The Hall–Kier alpha value is -1.99. The van der Waals surface area contributed by atoms with Gasteiger partial charge in [0.2, 0.25) is 5.95 Å². The number of hydrogen-bond donors (Lipinski definition) is 2. The molecule has 0 radical (unpaired) electrons. The summed E-state index contributed by atoms with van der Waals surface area (Å²) in [6.45, 7) is 4.72. The fourth-order valence-electron chi connectivity index (χ4n) is 1.95. The number of nitrogens with zero attached hydrogens (tertiary/aromatic N) is 2. The summed E-state index contributed by atoms with van der Waals surface area (Å²) in [5.41, 5.74) is 3.00. The van der Waals surface area contributed by atoms with Crippen LogP contribution in [0.4, 0.5) is 11.6 Å². The van der Waals surface area contributed by atoms with Crippen LogP contribution in [0.5, 0.6) is 0 Å². The molecule has 0 aliphatic rings. The van der Waals surface area contributed by atoms with Crippen LogP contribution >= 0.6 is 15.9 Å². The summed E-state index contributed by atoms with van der Waals surface area (Å²) >= 11 is 3.46. The summed E-state index contributed by atoms with van der Waals surface area (Å²) in [5.74, 6) is 0.145. The number of ether oxygens (including phenoxy) is 1. The van der Waals surface area contributed by atoms with Gasteiger partial charge in [-0.3, -0.25) is 4.79 Å². The van der Waals surface area contributed by atoms with Gasteiger partial charge in [0.1, 0.15) is 5.69 Å². The molecule has 0 unspecified atom stereocenters. The molecule has 1 amide bonds. The zero-order chi connectivity index (χ0) is 16.8. The van der Waals surface area contributed by atoms with E-state index in [2.05, 4.69) is 36.5 Å². The summed E-state index contributed by atoms with van der Waals surface area (Å²) in [6.07, 6.45) is 0. The van der Waals surface area contributed by atoms with Gasteiger partial charge >= 0.3 is 0 Å². The van der Waals surface area contributed by atoms with Gasteiger partial charge in [0, 0.05) is 29.5 Å². The summed E-state index contributed by atoms with van der Waals surface area (Å²) in [4.78, 5) is 20.7. The third kappa shape index (κ3) is 5.01. The van der Waals surface area contributed by atoms with Gasteiger partial charge in [-0.05, 0) is 43.7 Å². The van der Waals surface area contributed by atoms with Crippen LogP contribution < -0.4 is 10.6 Å². The van der Waals surface area contributed by atoms with E-state index in [0.29, 0.717) is 30.5 Å². The number of amides is 1. The van der Waals surface area contributed by atoms with Crippen LogP contribution in [0.15, 0.2) is 28.7 Å². The molecule has 1 aromatic carbocycles. The number of rotatable bonds is 6. The van der Waals surface area contributed by atoms with Crippen LogP contribution in [0.25, 0.3) is 0 Å². The number of carbonyl (C=O) groups excluding carboxylic acids is 1. The normalized spacial score (nSPS) is 10.4. The predicted octanol–water partition coefficient (Wildman–Crippen LogP) is 2.98. The van der Waals surface area contributed by atoms with E-state index in [9.17, 15) is 4.79 Å². The van der Waals surface area contributed by atoms with E-state index in [0.717, 1.165) is 15.7 Å². The first-order valence-corrected chi connectivity index (χ1v) is 7.95. The Balaban J connectivity index is 2.16. The minimum atomic E-state index is -0.248.